The fourth-order valence-corrected chi connectivity index (χ4v) is 2.44. The summed E-state index contributed by atoms with van der Waals surface area (Å²) in [5.41, 5.74) is 0. The average Bonchev–Trinajstić information content (AvgIpc) is 2.40. The highest BCUT2D eigenvalue weighted by Crippen LogP contribution is 2.01. The molecule has 1 saturated heterocycles. The lowest BCUT2D eigenvalue weighted by molar-refractivity contribution is 0.144. The van der Waals surface area contributed by atoms with Crippen LogP contribution in [-0.4, -0.2) is 67.7 Å². The molecule has 1 aliphatic heterocycles. The van der Waals surface area contributed by atoms with Gasteiger partial charge in [-0.25, -0.2) is 4.79 Å². The van der Waals surface area contributed by atoms with Gasteiger partial charge in [-0.15, -0.1) is 6.58 Å². The van der Waals surface area contributed by atoms with Crippen LogP contribution in [0.1, 0.15) is 26.7 Å². The highest BCUT2D eigenvalue weighted by Gasteiger charge is 2.17. The van der Waals surface area contributed by atoms with Crippen LogP contribution in [0.4, 0.5) is 4.79 Å². The van der Waals surface area contributed by atoms with Crippen LogP contribution in [0, 0.1) is 0 Å². The number of carbonyl (C=O) groups is 1. The number of carbonyl (C=O) groups excluding carboxylic acids is 1. The summed E-state index contributed by atoms with van der Waals surface area (Å²) >= 11 is 0. The van der Waals surface area contributed by atoms with Gasteiger partial charge in [0, 0.05) is 44.8 Å². The number of hydrogen-bond donors (Lipinski definition) is 2. The lowest BCUT2D eigenvalue weighted by Gasteiger charge is -2.34. The molecule has 20 heavy (non-hydrogen) atoms. The SMILES string of the molecule is C=CC[C@H](CC)NC(=O)N[C@H](C)CN1CCN(C)CC1. The predicted octanol–water partition coefficient (Wildman–Crippen LogP) is 1.28. The zero-order valence-corrected chi connectivity index (χ0v) is 13.2. The van der Waals surface area contributed by atoms with E-state index < -0.39 is 0 Å². The van der Waals surface area contributed by atoms with E-state index in [1.165, 1.54) is 0 Å². The highest BCUT2D eigenvalue weighted by atomic mass is 16.2. The van der Waals surface area contributed by atoms with Gasteiger partial charge in [-0.2, -0.15) is 0 Å². The second kappa shape index (κ2) is 8.97. The molecule has 1 fully saturated rings. The molecule has 2 atom stereocenters. The number of hydrogen-bond acceptors (Lipinski definition) is 3. The Morgan fingerprint density at radius 1 is 1.30 bits per heavy atom. The quantitative estimate of drug-likeness (QED) is 0.692. The Bertz CT molecular complexity index is 300. The van der Waals surface area contributed by atoms with Crippen LogP contribution in [0.3, 0.4) is 0 Å². The Hall–Kier alpha value is -1.07. The van der Waals surface area contributed by atoms with Crippen molar-refractivity contribution >= 4 is 6.03 Å². The summed E-state index contributed by atoms with van der Waals surface area (Å²) in [5.74, 6) is 0. The Morgan fingerprint density at radius 2 is 1.95 bits per heavy atom. The van der Waals surface area contributed by atoms with E-state index >= 15 is 0 Å². The fourth-order valence-electron chi connectivity index (χ4n) is 2.44. The van der Waals surface area contributed by atoms with E-state index in [-0.39, 0.29) is 18.1 Å². The Morgan fingerprint density at radius 3 is 2.50 bits per heavy atom. The van der Waals surface area contributed by atoms with Crippen molar-refractivity contribution in [3.05, 3.63) is 12.7 Å². The summed E-state index contributed by atoms with van der Waals surface area (Å²) in [6, 6.07) is 0.281. The standard InChI is InChI=1S/C15H30N4O/c1-5-7-14(6-2)17-15(20)16-13(3)12-19-10-8-18(4)9-11-19/h5,13-14H,1,6-12H2,2-4H3,(H2,16,17,20)/t13-,14+/m1/s1. The topological polar surface area (TPSA) is 47.6 Å². The number of nitrogens with one attached hydrogen (secondary N) is 2. The molecule has 0 aromatic rings. The second-order valence-electron chi connectivity index (χ2n) is 5.75. The highest BCUT2D eigenvalue weighted by molar-refractivity contribution is 5.74. The minimum Gasteiger partial charge on any atom is -0.335 e. The summed E-state index contributed by atoms with van der Waals surface area (Å²) in [6.45, 7) is 13.1. The Kier molecular flexibility index (Phi) is 7.62. The number of urea groups is 1. The van der Waals surface area contributed by atoms with Gasteiger partial charge >= 0.3 is 6.03 Å². The van der Waals surface area contributed by atoms with Gasteiger partial charge in [0.2, 0.25) is 0 Å². The summed E-state index contributed by atoms with van der Waals surface area (Å²) in [4.78, 5) is 16.7. The minimum absolute atomic E-state index is 0.0691. The predicted molar refractivity (Wildman–Crippen MR) is 84.0 cm³/mol. The lowest BCUT2D eigenvalue weighted by Crippen LogP contribution is -2.52. The Labute approximate surface area is 123 Å². The van der Waals surface area contributed by atoms with Gasteiger partial charge in [-0.05, 0) is 26.8 Å². The van der Waals surface area contributed by atoms with Crippen molar-refractivity contribution in [3.8, 4) is 0 Å². The van der Waals surface area contributed by atoms with E-state index in [1.807, 2.05) is 6.08 Å². The van der Waals surface area contributed by atoms with Crippen LogP contribution in [0.2, 0.25) is 0 Å². The van der Waals surface area contributed by atoms with Crippen LogP contribution in [0.15, 0.2) is 12.7 Å². The van der Waals surface area contributed by atoms with Crippen molar-refractivity contribution in [3.63, 3.8) is 0 Å². The van der Waals surface area contributed by atoms with Crippen LogP contribution in [-0.2, 0) is 0 Å². The summed E-state index contributed by atoms with van der Waals surface area (Å²) in [6.07, 6.45) is 3.59. The maximum absolute atomic E-state index is 11.9. The van der Waals surface area contributed by atoms with Crippen molar-refractivity contribution in [2.24, 2.45) is 0 Å². The number of piperazine rings is 1. The smallest absolute Gasteiger partial charge is 0.315 e. The first-order chi connectivity index (χ1) is 9.55. The summed E-state index contributed by atoms with van der Waals surface area (Å²) < 4.78 is 0. The second-order valence-corrected chi connectivity index (χ2v) is 5.75. The molecule has 0 aliphatic carbocycles. The van der Waals surface area contributed by atoms with Crippen molar-refractivity contribution in [1.82, 2.24) is 20.4 Å². The molecule has 2 N–H and O–H groups in total. The Balaban J connectivity index is 2.25. The lowest BCUT2D eigenvalue weighted by atomic mass is 10.1. The number of rotatable bonds is 7. The number of amides is 2. The molecule has 0 spiro atoms. The first-order valence-electron chi connectivity index (χ1n) is 7.64. The van der Waals surface area contributed by atoms with Crippen LogP contribution in [0.5, 0.6) is 0 Å². The molecule has 0 radical (unpaired) electrons. The van der Waals surface area contributed by atoms with Crippen molar-refractivity contribution in [2.45, 2.75) is 38.8 Å². The zero-order chi connectivity index (χ0) is 15.0. The van der Waals surface area contributed by atoms with Crippen LogP contribution >= 0.6 is 0 Å². The molecule has 2 amide bonds. The largest absolute Gasteiger partial charge is 0.335 e. The monoisotopic (exact) mass is 282 g/mol. The number of nitrogens with zero attached hydrogens (tertiary/aromatic N) is 2. The van der Waals surface area contributed by atoms with Crippen molar-refractivity contribution in [2.75, 3.05) is 39.8 Å². The summed E-state index contributed by atoms with van der Waals surface area (Å²) in [5, 5.41) is 6.02. The zero-order valence-electron chi connectivity index (χ0n) is 13.2. The minimum atomic E-state index is -0.0691. The first-order valence-corrected chi connectivity index (χ1v) is 7.64. The van der Waals surface area contributed by atoms with E-state index in [4.69, 9.17) is 0 Å². The summed E-state index contributed by atoms with van der Waals surface area (Å²) in [7, 11) is 2.15. The molecular weight excluding hydrogens is 252 g/mol. The molecule has 1 rings (SSSR count). The third-order valence-corrected chi connectivity index (χ3v) is 3.78. The van der Waals surface area contributed by atoms with Gasteiger partial charge < -0.3 is 15.5 Å². The maximum atomic E-state index is 11.9. The normalized spacial score (nSPS) is 20.1. The molecule has 5 heteroatoms. The van der Waals surface area contributed by atoms with Gasteiger partial charge in [0.1, 0.15) is 0 Å². The van der Waals surface area contributed by atoms with Gasteiger partial charge in [-0.3, -0.25) is 4.90 Å². The number of likely N-dealkylation sites (N-methyl/N-ethyl adjacent to an activating group) is 1. The van der Waals surface area contributed by atoms with Crippen molar-refractivity contribution < 1.29 is 4.79 Å². The van der Waals surface area contributed by atoms with E-state index in [0.717, 1.165) is 45.6 Å². The van der Waals surface area contributed by atoms with E-state index in [0.29, 0.717) is 0 Å². The van der Waals surface area contributed by atoms with Crippen LogP contribution < -0.4 is 10.6 Å². The molecule has 5 nitrogen and oxygen atoms in total. The van der Waals surface area contributed by atoms with Crippen molar-refractivity contribution in [1.29, 1.82) is 0 Å². The van der Waals surface area contributed by atoms with Gasteiger partial charge in [-0.1, -0.05) is 13.0 Å². The average molecular weight is 282 g/mol. The molecule has 116 valence electrons. The molecule has 1 aliphatic rings. The molecule has 0 unspecified atom stereocenters. The van der Waals surface area contributed by atoms with Crippen LogP contribution in [0.25, 0.3) is 0 Å². The first kappa shape index (κ1) is 17.0. The maximum Gasteiger partial charge on any atom is 0.315 e. The molecule has 1 heterocycles. The molecule has 0 saturated carbocycles. The van der Waals surface area contributed by atoms with E-state index in [9.17, 15) is 4.79 Å². The molecular formula is C15H30N4O. The van der Waals surface area contributed by atoms with Gasteiger partial charge in [0.05, 0.1) is 0 Å². The molecule has 0 bridgehead atoms. The van der Waals surface area contributed by atoms with E-state index in [2.05, 4.69) is 47.9 Å². The third-order valence-electron chi connectivity index (χ3n) is 3.78. The molecule has 0 aromatic carbocycles. The molecule has 0 aromatic heterocycles. The third kappa shape index (κ3) is 6.39. The fraction of sp³-hybridized carbons (Fsp3) is 0.800. The van der Waals surface area contributed by atoms with E-state index in [1.54, 1.807) is 0 Å². The van der Waals surface area contributed by atoms with Gasteiger partial charge in [0.15, 0.2) is 0 Å². The van der Waals surface area contributed by atoms with Gasteiger partial charge in [0.25, 0.3) is 0 Å².